The Morgan fingerprint density at radius 2 is 1.06 bits per heavy atom. The van der Waals surface area contributed by atoms with Gasteiger partial charge < -0.3 is 0 Å². The van der Waals surface area contributed by atoms with Crippen LogP contribution in [-0.4, -0.2) is 3.26 Å². The molecule has 0 saturated heterocycles. The number of benzene rings is 5. The van der Waals surface area contributed by atoms with Gasteiger partial charge in [0, 0.05) is 0 Å². The third-order valence-corrected chi connectivity index (χ3v) is 23.8. The van der Waals surface area contributed by atoms with Gasteiger partial charge in [-0.25, -0.2) is 0 Å². The van der Waals surface area contributed by atoms with Gasteiger partial charge in [0.1, 0.15) is 0 Å². The van der Waals surface area contributed by atoms with Gasteiger partial charge in [0.05, 0.1) is 0 Å². The second-order valence-electron chi connectivity index (χ2n) is 16.7. The van der Waals surface area contributed by atoms with Crippen LogP contribution in [0.4, 0.5) is 0 Å². The number of hydrogen-bond donors (Lipinski definition) is 0. The second kappa shape index (κ2) is 13.1. The van der Waals surface area contributed by atoms with Crippen LogP contribution in [0.1, 0.15) is 113 Å². The summed E-state index contributed by atoms with van der Waals surface area (Å²) in [5.74, 6) is 0. The topological polar surface area (TPSA) is 0 Å². The van der Waals surface area contributed by atoms with E-state index in [0.717, 1.165) is 6.42 Å². The quantitative estimate of drug-likeness (QED) is 0.155. The fourth-order valence-electron chi connectivity index (χ4n) is 8.17. The van der Waals surface area contributed by atoms with Crippen LogP contribution in [0.3, 0.4) is 0 Å². The zero-order valence-electron chi connectivity index (χ0n) is 31.8. The van der Waals surface area contributed by atoms with Crippen molar-refractivity contribution in [2.24, 2.45) is 0 Å². The van der Waals surface area contributed by atoms with E-state index in [-0.39, 0.29) is 10.8 Å². The van der Waals surface area contributed by atoms with Crippen molar-refractivity contribution < 1.29 is 21.0 Å². The van der Waals surface area contributed by atoms with Gasteiger partial charge in [0.25, 0.3) is 0 Å². The van der Waals surface area contributed by atoms with Crippen LogP contribution in [0, 0.1) is 27.7 Å². The van der Waals surface area contributed by atoms with Crippen molar-refractivity contribution in [2.75, 3.05) is 0 Å². The van der Waals surface area contributed by atoms with Crippen LogP contribution in [0.15, 0.2) is 119 Å². The van der Waals surface area contributed by atoms with E-state index < -0.39 is 21.0 Å². The first kappa shape index (κ1) is 34.8. The Balaban J connectivity index is 1.67. The molecular formula is C49H52Hf. The normalized spacial score (nSPS) is 14.3. The van der Waals surface area contributed by atoms with Gasteiger partial charge in [-0.15, -0.1) is 0 Å². The Labute approximate surface area is 309 Å². The van der Waals surface area contributed by atoms with E-state index in [2.05, 4.69) is 185 Å². The van der Waals surface area contributed by atoms with E-state index >= 15 is 0 Å². The maximum atomic E-state index is 2.61. The third kappa shape index (κ3) is 6.15. The molecule has 0 aliphatic heterocycles. The molecule has 5 aromatic rings. The fourth-order valence-corrected chi connectivity index (χ4v) is 22.0. The molecule has 0 aromatic heterocycles. The predicted octanol–water partition coefficient (Wildman–Crippen LogP) is 12.8. The number of aryl methyl sites for hydroxylation is 1. The maximum absolute atomic E-state index is 3.26. The molecule has 252 valence electrons. The summed E-state index contributed by atoms with van der Waals surface area (Å²) in [6.45, 7) is 23.4. The van der Waals surface area contributed by atoms with E-state index in [0.29, 0.717) is 3.67 Å². The zero-order chi connectivity index (χ0) is 35.5. The molecule has 0 saturated carbocycles. The molecule has 0 amide bonds. The van der Waals surface area contributed by atoms with Crippen molar-refractivity contribution in [2.45, 2.75) is 90.2 Å². The number of rotatable bonds is 5. The molecule has 0 unspecified atom stereocenters. The van der Waals surface area contributed by atoms with Gasteiger partial charge >= 0.3 is 311 Å². The monoisotopic (exact) mass is 820 g/mol. The van der Waals surface area contributed by atoms with Gasteiger partial charge in [0.2, 0.25) is 0 Å². The first-order valence-electron chi connectivity index (χ1n) is 18.4. The summed E-state index contributed by atoms with van der Waals surface area (Å²) >= 11 is -3.26. The van der Waals surface area contributed by atoms with Crippen molar-refractivity contribution in [3.05, 3.63) is 180 Å². The predicted molar refractivity (Wildman–Crippen MR) is 213 cm³/mol. The van der Waals surface area contributed by atoms with E-state index in [1.165, 1.54) is 66.8 Å². The molecule has 0 radical (unpaired) electrons. The van der Waals surface area contributed by atoms with Gasteiger partial charge in [-0.2, -0.15) is 0 Å². The molecule has 7 rings (SSSR count). The van der Waals surface area contributed by atoms with Crippen molar-refractivity contribution in [1.29, 1.82) is 0 Å². The number of fused-ring (bicyclic) bond motifs is 3. The summed E-state index contributed by atoms with van der Waals surface area (Å²) in [5, 5.41) is 0. The molecule has 2 aliphatic carbocycles. The molecule has 0 bridgehead atoms. The zero-order valence-corrected chi connectivity index (χ0v) is 35.3. The summed E-state index contributed by atoms with van der Waals surface area (Å²) in [7, 11) is 0. The summed E-state index contributed by atoms with van der Waals surface area (Å²) in [6, 6.07) is 40.3. The molecule has 0 N–H and O–H groups in total. The Morgan fingerprint density at radius 3 is 1.54 bits per heavy atom. The average Bonchev–Trinajstić information content (AvgIpc) is 3.70. The van der Waals surface area contributed by atoms with E-state index in [9.17, 15) is 0 Å². The van der Waals surface area contributed by atoms with Crippen LogP contribution in [0.25, 0.3) is 16.7 Å². The molecule has 0 heterocycles. The van der Waals surface area contributed by atoms with Crippen molar-refractivity contribution in [1.82, 2.24) is 0 Å². The van der Waals surface area contributed by atoms with Crippen LogP contribution < -0.4 is 0 Å². The Kier molecular flexibility index (Phi) is 9.13. The molecule has 0 atom stereocenters. The van der Waals surface area contributed by atoms with E-state index in [1.807, 2.05) is 0 Å². The van der Waals surface area contributed by atoms with Crippen molar-refractivity contribution >= 4 is 8.83 Å². The Hall–Kier alpha value is -3.68. The minimum absolute atomic E-state index is 0.0646. The SMILES string of the molecule is Cc1cc(C2=[C]([Hf](=[C](c3ccccc3)c3ccccc3)[CH]3c4cc(C(C)(C)C)ccc4-c4ccc(C(C)(C)C)cc43)CC=C2)c(C)c(C)c1C. The molecule has 0 fully saturated rings. The Bertz CT molecular complexity index is 2100. The van der Waals surface area contributed by atoms with Gasteiger partial charge in [-0.1, -0.05) is 0 Å². The van der Waals surface area contributed by atoms with Crippen molar-refractivity contribution in [3.8, 4) is 11.1 Å². The third-order valence-electron chi connectivity index (χ3n) is 11.5. The fraction of sp³-hybridized carbons (Fsp3) is 0.286. The average molecular weight is 819 g/mol. The molecular weight excluding hydrogens is 767 g/mol. The van der Waals surface area contributed by atoms with Crippen LogP contribution in [-0.2, 0) is 31.8 Å². The number of allylic oxidation sites excluding steroid dienone is 4. The summed E-state index contributed by atoms with van der Waals surface area (Å²) in [4.78, 5) is 0. The molecule has 0 spiro atoms. The van der Waals surface area contributed by atoms with Gasteiger partial charge in [-0.3, -0.25) is 0 Å². The van der Waals surface area contributed by atoms with Crippen LogP contribution >= 0.6 is 0 Å². The first-order valence-corrected chi connectivity index (χ1v) is 24.0. The van der Waals surface area contributed by atoms with E-state index in [4.69, 9.17) is 0 Å². The standard InChI is InChI=1S/C21H25.C15H17.C13H10.Hf/c1-20(2,3)16-7-9-18-14(12-16)11-15-13-17(21(4,5)6)8-10-19(15)18;1-10-9-15(14-7-5-6-8-14)13(4)12(3)11(10)2;1-3-7-12(8-4-1)11-13-9-5-2-6-10-13;/h7-13H,1-6H3;5,7,9H,6H2,1-4H3;1-10H;. The summed E-state index contributed by atoms with van der Waals surface area (Å²) < 4.78 is 3.72. The van der Waals surface area contributed by atoms with Gasteiger partial charge in [-0.05, 0) is 0 Å². The molecule has 5 aromatic carbocycles. The number of hydrogen-bond acceptors (Lipinski definition) is 0. The summed E-state index contributed by atoms with van der Waals surface area (Å²) in [6.07, 6.45) is 5.99. The van der Waals surface area contributed by atoms with Crippen molar-refractivity contribution in [3.63, 3.8) is 0 Å². The van der Waals surface area contributed by atoms with Crippen LogP contribution in [0.5, 0.6) is 0 Å². The Morgan fingerprint density at radius 1 is 0.560 bits per heavy atom. The first-order chi connectivity index (χ1) is 23.8. The summed E-state index contributed by atoms with van der Waals surface area (Å²) in [5.41, 5.74) is 20.3. The molecule has 50 heavy (non-hydrogen) atoms. The molecule has 0 nitrogen and oxygen atoms in total. The van der Waals surface area contributed by atoms with Crippen LogP contribution in [0.2, 0.25) is 0 Å². The molecule has 1 heteroatoms. The molecule has 2 aliphatic rings. The second-order valence-corrected chi connectivity index (χ2v) is 25.7. The van der Waals surface area contributed by atoms with E-state index in [1.54, 1.807) is 17.7 Å². The van der Waals surface area contributed by atoms with Gasteiger partial charge in [0.15, 0.2) is 0 Å². The minimum atomic E-state index is -3.26.